The van der Waals surface area contributed by atoms with Gasteiger partial charge in [-0.05, 0) is 39.5 Å². The Hall–Kier alpha value is -1.27. The molecule has 0 aromatic carbocycles. The number of aliphatic carboxylic acids is 1. The lowest BCUT2D eigenvalue weighted by molar-refractivity contribution is -0.195. The maximum Gasteiger partial charge on any atom is 0.391 e. The molecule has 0 bridgehead atoms. The molecule has 1 aliphatic rings. The fourth-order valence-electron chi connectivity index (χ4n) is 3.14. The summed E-state index contributed by atoms with van der Waals surface area (Å²) in [6, 6.07) is -0.369. The molecule has 0 saturated heterocycles. The van der Waals surface area contributed by atoms with Crippen LogP contribution in [0.15, 0.2) is 0 Å². The van der Waals surface area contributed by atoms with E-state index in [0.29, 0.717) is 0 Å². The van der Waals surface area contributed by atoms with Gasteiger partial charge in [-0.25, -0.2) is 4.79 Å². The van der Waals surface area contributed by atoms with Gasteiger partial charge in [0.25, 0.3) is 0 Å². The summed E-state index contributed by atoms with van der Waals surface area (Å²) in [6.45, 7) is 4.59. The van der Waals surface area contributed by atoms with Crippen molar-refractivity contribution in [2.75, 3.05) is 0 Å². The summed E-state index contributed by atoms with van der Waals surface area (Å²) in [5, 5.41) is 9.47. The van der Waals surface area contributed by atoms with E-state index in [1.807, 2.05) is 0 Å². The number of halogens is 3. The first kappa shape index (κ1) is 16.8. The lowest BCUT2D eigenvalue weighted by Crippen LogP contribution is -2.61. The number of rotatable bonds is 3. The average Bonchev–Trinajstić information content (AvgIpc) is 2.26. The molecule has 0 unspecified atom stereocenters. The number of amides is 1. The summed E-state index contributed by atoms with van der Waals surface area (Å²) < 4.78 is 38.1. The number of carbonyl (C=O) groups excluding carboxylic acids is 1. The van der Waals surface area contributed by atoms with Crippen LogP contribution in [0.25, 0.3) is 0 Å². The van der Waals surface area contributed by atoms with E-state index in [2.05, 4.69) is 0 Å². The molecule has 4 nitrogen and oxygen atoms in total. The number of carboxylic acids is 1. The van der Waals surface area contributed by atoms with Gasteiger partial charge in [-0.2, -0.15) is 13.2 Å². The molecule has 116 valence electrons. The highest BCUT2D eigenvalue weighted by Gasteiger charge is 2.53. The molecule has 0 atom stereocenters. The predicted molar refractivity (Wildman–Crippen MR) is 66.0 cm³/mol. The molecule has 20 heavy (non-hydrogen) atoms. The number of alkyl halides is 3. The van der Waals surface area contributed by atoms with Crippen LogP contribution in [0.4, 0.5) is 13.2 Å². The number of carbonyl (C=O) groups is 2. The quantitative estimate of drug-likeness (QED) is 0.871. The van der Waals surface area contributed by atoms with Gasteiger partial charge >= 0.3 is 12.1 Å². The predicted octanol–water partition coefficient (Wildman–Crippen LogP) is 2.82. The second-order valence-electron chi connectivity index (χ2n) is 5.64. The van der Waals surface area contributed by atoms with Gasteiger partial charge in [0.15, 0.2) is 0 Å². The van der Waals surface area contributed by atoms with Crippen LogP contribution < -0.4 is 0 Å². The average molecular weight is 295 g/mol. The zero-order chi connectivity index (χ0) is 15.7. The minimum atomic E-state index is -4.30. The number of carboxylic acid groups (broad SMARTS) is 1. The molecule has 0 aromatic rings. The Morgan fingerprint density at radius 1 is 1.25 bits per heavy atom. The van der Waals surface area contributed by atoms with E-state index < -0.39 is 29.5 Å². The lowest BCUT2D eigenvalue weighted by Gasteiger charge is -2.46. The van der Waals surface area contributed by atoms with E-state index in [-0.39, 0.29) is 31.7 Å². The van der Waals surface area contributed by atoms with Crippen LogP contribution in [-0.4, -0.2) is 39.6 Å². The molecule has 0 radical (unpaired) electrons. The van der Waals surface area contributed by atoms with Gasteiger partial charge < -0.3 is 10.0 Å². The van der Waals surface area contributed by atoms with Gasteiger partial charge in [0.1, 0.15) is 5.54 Å². The molecule has 0 aromatic heterocycles. The molecular formula is C13H20F3NO3. The van der Waals surface area contributed by atoms with Gasteiger partial charge in [0, 0.05) is 13.0 Å². The van der Waals surface area contributed by atoms with E-state index in [0.717, 1.165) is 0 Å². The number of nitrogens with zero attached hydrogens (tertiary/aromatic N) is 1. The molecule has 0 heterocycles. The molecule has 1 aliphatic carbocycles. The molecule has 1 N–H and O–H groups in total. The molecule has 1 rings (SSSR count). The van der Waals surface area contributed by atoms with Crippen LogP contribution in [0.2, 0.25) is 0 Å². The third kappa shape index (κ3) is 3.07. The Morgan fingerprint density at radius 2 is 1.70 bits per heavy atom. The van der Waals surface area contributed by atoms with Crippen LogP contribution in [0, 0.1) is 5.92 Å². The van der Waals surface area contributed by atoms with Gasteiger partial charge in [-0.15, -0.1) is 0 Å². The van der Waals surface area contributed by atoms with E-state index in [1.54, 1.807) is 13.8 Å². The highest BCUT2D eigenvalue weighted by molar-refractivity contribution is 5.86. The zero-order valence-corrected chi connectivity index (χ0v) is 11.8. The molecule has 7 heteroatoms. The van der Waals surface area contributed by atoms with E-state index in [4.69, 9.17) is 0 Å². The van der Waals surface area contributed by atoms with Crippen molar-refractivity contribution in [3.8, 4) is 0 Å². The largest absolute Gasteiger partial charge is 0.479 e. The van der Waals surface area contributed by atoms with Crippen LogP contribution in [0.5, 0.6) is 0 Å². The summed E-state index contributed by atoms with van der Waals surface area (Å²) >= 11 is 0. The van der Waals surface area contributed by atoms with Crippen molar-refractivity contribution >= 4 is 11.9 Å². The number of hydrogen-bond acceptors (Lipinski definition) is 2. The van der Waals surface area contributed by atoms with E-state index >= 15 is 0 Å². The van der Waals surface area contributed by atoms with E-state index in [1.165, 1.54) is 11.8 Å². The van der Waals surface area contributed by atoms with Gasteiger partial charge in [0.2, 0.25) is 5.91 Å². The molecular weight excluding hydrogens is 275 g/mol. The zero-order valence-electron chi connectivity index (χ0n) is 11.8. The third-order valence-electron chi connectivity index (χ3n) is 3.99. The lowest BCUT2D eigenvalue weighted by atomic mass is 9.74. The summed E-state index contributed by atoms with van der Waals surface area (Å²) in [5.41, 5.74) is -1.51. The fourth-order valence-corrected chi connectivity index (χ4v) is 3.14. The van der Waals surface area contributed by atoms with Crippen molar-refractivity contribution in [1.29, 1.82) is 0 Å². The van der Waals surface area contributed by atoms with Crippen molar-refractivity contribution < 1.29 is 27.9 Å². The van der Waals surface area contributed by atoms with Crippen molar-refractivity contribution in [2.45, 2.75) is 64.2 Å². The van der Waals surface area contributed by atoms with Gasteiger partial charge in [-0.3, -0.25) is 4.79 Å². The minimum absolute atomic E-state index is 0.162. The third-order valence-corrected chi connectivity index (χ3v) is 3.99. The highest BCUT2D eigenvalue weighted by Crippen LogP contribution is 2.44. The van der Waals surface area contributed by atoms with Crippen molar-refractivity contribution in [3.05, 3.63) is 0 Å². The van der Waals surface area contributed by atoms with Crippen molar-refractivity contribution in [3.63, 3.8) is 0 Å². The smallest absolute Gasteiger partial charge is 0.391 e. The molecule has 1 saturated carbocycles. The molecule has 1 amide bonds. The highest BCUT2D eigenvalue weighted by atomic mass is 19.4. The molecule has 1 fully saturated rings. The first-order chi connectivity index (χ1) is 9.02. The standard InChI is InChI=1S/C13H20F3NO3/c1-8(2)17(9(3)18)12(11(19)20)6-4-10(5-7-12)13(14,15)16/h8,10H,4-7H2,1-3H3,(H,19,20). The van der Waals surface area contributed by atoms with E-state index in [9.17, 15) is 27.9 Å². The minimum Gasteiger partial charge on any atom is -0.479 e. The van der Waals surface area contributed by atoms with Crippen LogP contribution in [-0.2, 0) is 9.59 Å². The second-order valence-corrected chi connectivity index (χ2v) is 5.64. The van der Waals surface area contributed by atoms with Crippen LogP contribution in [0.3, 0.4) is 0 Å². The van der Waals surface area contributed by atoms with Crippen LogP contribution in [0.1, 0.15) is 46.5 Å². The Labute approximate surface area is 115 Å². The first-order valence-corrected chi connectivity index (χ1v) is 6.62. The second kappa shape index (κ2) is 5.61. The van der Waals surface area contributed by atoms with Crippen molar-refractivity contribution in [2.24, 2.45) is 5.92 Å². The Balaban J connectivity index is 3.03. The topological polar surface area (TPSA) is 57.6 Å². The summed E-state index contributed by atoms with van der Waals surface area (Å²) in [7, 11) is 0. The maximum atomic E-state index is 12.7. The van der Waals surface area contributed by atoms with Gasteiger partial charge in [0.05, 0.1) is 5.92 Å². The van der Waals surface area contributed by atoms with Crippen molar-refractivity contribution in [1.82, 2.24) is 4.90 Å². The normalized spacial score (nSPS) is 27.4. The summed E-state index contributed by atoms with van der Waals surface area (Å²) in [4.78, 5) is 24.5. The fraction of sp³-hybridized carbons (Fsp3) is 0.846. The maximum absolute atomic E-state index is 12.7. The molecule has 0 spiro atoms. The molecule has 0 aliphatic heterocycles. The van der Waals surface area contributed by atoms with Crippen LogP contribution >= 0.6 is 0 Å². The summed E-state index contributed by atoms with van der Waals surface area (Å²) in [5.74, 6) is -3.12. The first-order valence-electron chi connectivity index (χ1n) is 6.62. The van der Waals surface area contributed by atoms with Gasteiger partial charge in [-0.1, -0.05) is 0 Å². The number of hydrogen-bond donors (Lipinski definition) is 1. The summed E-state index contributed by atoms with van der Waals surface area (Å²) in [6.07, 6.45) is -5.14. The SMILES string of the molecule is CC(=O)N(C(C)C)C1(C(=O)O)CCC(C(F)(F)F)CC1. The monoisotopic (exact) mass is 295 g/mol. The Bertz CT molecular complexity index is 385. The Morgan fingerprint density at radius 3 is 1.95 bits per heavy atom. The Kier molecular flexibility index (Phi) is 4.71.